The zero-order valence-electron chi connectivity index (χ0n) is 20.4. The average molecular weight is 477 g/mol. The van der Waals surface area contributed by atoms with Crippen molar-refractivity contribution >= 4 is 11.8 Å². The van der Waals surface area contributed by atoms with Crippen molar-refractivity contribution in [2.75, 3.05) is 19.8 Å². The zero-order chi connectivity index (χ0) is 25.0. The molecule has 3 aromatic rings. The molecule has 35 heavy (non-hydrogen) atoms. The topological polar surface area (TPSA) is 85.9 Å². The molecule has 0 unspecified atom stereocenters. The lowest BCUT2D eigenvalue weighted by Gasteiger charge is -2.19. The first kappa shape index (κ1) is 25.6. The van der Waals surface area contributed by atoms with E-state index in [0.717, 1.165) is 11.1 Å². The van der Waals surface area contributed by atoms with E-state index in [1.54, 1.807) is 12.1 Å². The molecule has 0 saturated heterocycles. The number of rotatable bonds is 11. The van der Waals surface area contributed by atoms with Crippen LogP contribution in [-0.2, 0) is 4.79 Å². The van der Waals surface area contributed by atoms with Crippen LogP contribution in [0.25, 0.3) is 0 Å². The van der Waals surface area contributed by atoms with Crippen LogP contribution in [0.3, 0.4) is 0 Å². The molecular weight excluding hydrogens is 444 g/mol. The van der Waals surface area contributed by atoms with E-state index in [1.165, 1.54) is 0 Å². The number of hydrazine groups is 1. The van der Waals surface area contributed by atoms with Gasteiger partial charge in [0.25, 0.3) is 5.91 Å². The standard InChI is InChI=1S/C28H32N2O5/c1-4-33-24-17-22(18-25(34-5-2)27(24)35-6-3)28(32)30-29-26(31)19-23(20-13-9-7-10-14-20)21-15-11-8-12-16-21/h7-18,23H,4-6,19H2,1-3H3,(H,29,31)(H,30,32). The molecule has 0 bridgehead atoms. The van der Waals surface area contributed by atoms with Crippen LogP contribution in [-0.4, -0.2) is 31.6 Å². The molecule has 184 valence electrons. The highest BCUT2D eigenvalue weighted by atomic mass is 16.5. The minimum absolute atomic E-state index is 0.145. The van der Waals surface area contributed by atoms with Gasteiger partial charge in [-0.2, -0.15) is 0 Å². The summed E-state index contributed by atoms with van der Waals surface area (Å²) in [5.74, 6) is 0.325. The van der Waals surface area contributed by atoms with Crippen LogP contribution in [0.15, 0.2) is 72.8 Å². The summed E-state index contributed by atoms with van der Waals surface area (Å²) in [6.07, 6.45) is 0.173. The van der Waals surface area contributed by atoms with Crippen molar-refractivity contribution in [1.29, 1.82) is 0 Å². The summed E-state index contributed by atoms with van der Waals surface area (Å²) in [4.78, 5) is 25.7. The van der Waals surface area contributed by atoms with Crippen LogP contribution in [0.1, 0.15) is 54.6 Å². The normalized spacial score (nSPS) is 10.5. The van der Waals surface area contributed by atoms with Gasteiger partial charge in [-0.1, -0.05) is 60.7 Å². The lowest BCUT2D eigenvalue weighted by Crippen LogP contribution is -2.42. The summed E-state index contributed by atoms with van der Waals surface area (Å²) < 4.78 is 17.0. The number of nitrogens with one attached hydrogen (secondary N) is 2. The van der Waals surface area contributed by atoms with E-state index in [1.807, 2.05) is 81.4 Å². The Bertz CT molecular complexity index is 1040. The van der Waals surface area contributed by atoms with E-state index in [4.69, 9.17) is 14.2 Å². The molecule has 0 fully saturated rings. The van der Waals surface area contributed by atoms with E-state index in [2.05, 4.69) is 10.9 Å². The van der Waals surface area contributed by atoms with Crippen molar-refractivity contribution in [3.63, 3.8) is 0 Å². The molecule has 0 saturated carbocycles. The molecule has 0 radical (unpaired) electrons. The van der Waals surface area contributed by atoms with Crippen LogP contribution in [0, 0.1) is 0 Å². The van der Waals surface area contributed by atoms with Crippen LogP contribution in [0.5, 0.6) is 17.2 Å². The molecular formula is C28H32N2O5. The Kier molecular flexibility index (Phi) is 9.54. The highest BCUT2D eigenvalue weighted by molar-refractivity contribution is 5.96. The first-order valence-electron chi connectivity index (χ1n) is 11.8. The second-order valence-corrected chi connectivity index (χ2v) is 7.68. The van der Waals surface area contributed by atoms with E-state index in [0.29, 0.717) is 37.1 Å². The Balaban J connectivity index is 1.74. The summed E-state index contributed by atoms with van der Waals surface area (Å²) in [5.41, 5.74) is 7.38. The van der Waals surface area contributed by atoms with Crippen LogP contribution >= 0.6 is 0 Å². The van der Waals surface area contributed by atoms with Gasteiger partial charge in [0.1, 0.15) is 0 Å². The fourth-order valence-electron chi connectivity index (χ4n) is 3.75. The Morgan fingerprint density at radius 3 is 1.66 bits per heavy atom. The zero-order valence-corrected chi connectivity index (χ0v) is 20.4. The van der Waals surface area contributed by atoms with E-state index in [-0.39, 0.29) is 23.8 Å². The van der Waals surface area contributed by atoms with Crippen molar-refractivity contribution < 1.29 is 23.8 Å². The Morgan fingerprint density at radius 2 is 1.20 bits per heavy atom. The Morgan fingerprint density at radius 1 is 0.714 bits per heavy atom. The van der Waals surface area contributed by atoms with E-state index < -0.39 is 5.91 Å². The SMILES string of the molecule is CCOc1cc(C(=O)NNC(=O)CC(c2ccccc2)c2ccccc2)cc(OCC)c1OCC. The Labute approximate surface area is 206 Å². The molecule has 3 aromatic carbocycles. The smallest absolute Gasteiger partial charge is 0.269 e. The largest absolute Gasteiger partial charge is 0.490 e. The van der Waals surface area contributed by atoms with Crippen molar-refractivity contribution in [2.24, 2.45) is 0 Å². The van der Waals surface area contributed by atoms with Crippen LogP contribution in [0.4, 0.5) is 0 Å². The fraction of sp³-hybridized carbons (Fsp3) is 0.286. The van der Waals surface area contributed by atoms with Gasteiger partial charge >= 0.3 is 0 Å². The molecule has 7 nitrogen and oxygen atoms in total. The van der Waals surface area contributed by atoms with Crippen LogP contribution < -0.4 is 25.1 Å². The maximum atomic E-state index is 12.9. The monoisotopic (exact) mass is 476 g/mol. The number of hydrogen-bond acceptors (Lipinski definition) is 5. The van der Waals surface area contributed by atoms with Gasteiger partial charge in [-0.25, -0.2) is 0 Å². The number of carbonyl (C=O) groups excluding carboxylic acids is 2. The summed E-state index contributed by atoms with van der Waals surface area (Å²) in [6.45, 7) is 6.77. The molecule has 0 aliphatic carbocycles. The first-order chi connectivity index (χ1) is 17.1. The average Bonchev–Trinajstić information content (AvgIpc) is 2.89. The van der Waals surface area contributed by atoms with Gasteiger partial charge in [-0.05, 0) is 44.0 Å². The predicted molar refractivity (Wildman–Crippen MR) is 135 cm³/mol. The molecule has 0 atom stereocenters. The number of ether oxygens (including phenoxy) is 3. The predicted octanol–water partition coefficient (Wildman–Crippen LogP) is 4.87. The molecule has 2 amide bonds. The van der Waals surface area contributed by atoms with Gasteiger partial charge in [0.15, 0.2) is 11.5 Å². The van der Waals surface area contributed by atoms with Crippen molar-refractivity contribution in [3.05, 3.63) is 89.5 Å². The first-order valence-corrected chi connectivity index (χ1v) is 11.8. The minimum atomic E-state index is -0.487. The van der Waals surface area contributed by atoms with E-state index >= 15 is 0 Å². The van der Waals surface area contributed by atoms with Crippen molar-refractivity contribution in [1.82, 2.24) is 10.9 Å². The number of carbonyl (C=O) groups is 2. The molecule has 0 heterocycles. The second-order valence-electron chi connectivity index (χ2n) is 7.68. The highest BCUT2D eigenvalue weighted by Gasteiger charge is 2.21. The number of amides is 2. The quantitative estimate of drug-likeness (QED) is 0.386. The maximum Gasteiger partial charge on any atom is 0.269 e. The van der Waals surface area contributed by atoms with Crippen molar-refractivity contribution in [2.45, 2.75) is 33.1 Å². The maximum absolute atomic E-state index is 12.9. The molecule has 0 spiro atoms. The van der Waals surface area contributed by atoms with Crippen molar-refractivity contribution in [3.8, 4) is 17.2 Å². The van der Waals surface area contributed by atoms with Gasteiger partial charge in [0.2, 0.25) is 11.7 Å². The lowest BCUT2D eigenvalue weighted by molar-refractivity contribution is -0.122. The molecule has 0 aliphatic heterocycles. The molecule has 7 heteroatoms. The highest BCUT2D eigenvalue weighted by Crippen LogP contribution is 2.39. The molecule has 2 N–H and O–H groups in total. The number of hydrogen-bond donors (Lipinski definition) is 2. The van der Waals surface area contributed by atoms with Gasteiger partial charge < -0.3 is 14.2 Å². The third kappa shape index (κ3) is 6.99. The van der Waals surface area contributed by atoms with Gasteiger partial charge in [0, 0.05) is 17.9 Å². The lowest BCUT2D eigenvalue weighted by atomic mass is 9.88. The fourth-order valence-corrected chi connectivity index (χ4v) is 3.75. The van der Waals surface area contributed by atoms with Gasteiger partial charge in [-0.3, -0.25) is 20.4 Å². The summed E-state index contributed by atoms with van der Waals surface area (Å²) in [7, 11) is 0. The van der Waals surface area contributed by atoms with E-state index in [9.17, 15) is 9.59 Å². The molecule has 3 rings (SSSR count). The Hall–Kier alpha value is -4.00. The van der Waals surface area contributed by atoms with Gasteiger partial charge in [0.05, 0.1) is 19.8 Å². The minimum Gasteiger partial charge on any atom is -0.490 e. The third-order valence-electron chi connectivity index (χ3n) is 5.28. The third-order valence-corrected chi connectivity index (χ3v) is 5.28. The number of benzene rings is 3. The molecule has 0 aromatic heterocycles. The second kappa shape index (κ2) is 13.0. The molecule has 0 aliphatic rings. The summed E-state index contributed by atoms with van der Waals surface area (Å²) in [5, 5.41) is 0. The summed E-state index contributed by atoms with van der Waals surface area (Å²) >= 11 is 0. The summed E-state index contributed by atoms with van der Waals surface area (Å²) in [6, 6.07) is 22.8. The van der Waals surface area contributed by atoms with Gasteiger partial charge in [-0.15, -0.1) is 0 Å². The van der Waals surface area contributed by atoms with Crippen LogP contribution in [0.2, 0.25) is 0 Å².